The number of ether oxygens (including phenoxy) is 1. The normalized spacial score (nSPS) is 19.7. The third-order valence-corrected chi connectivity index (χ3v) is 5.40. The highest BCUT2D eigenvalue weighted by Gasteiger charge is 2.31. The van der Waals surface area contributed by atoms with Crippen LogP contribution in [0.2, 0.25) is 0 Å². The number of hydrogen-bond donors (Lipinski definition) is 1. The zero-order valence-electron chi connectivity index (χ0n) is 15.2. The molecule has 0 aliphatic carbocycles. The Balaban J connectivity index is 1.52. The molecule has 3 rings (SSSR count). The van der Waals surface area contributed by atoms with Crippen molar-refractivity contribution in [2.45, 2.75) is 39.5 Å². The second-order valence-electron chi connectivity index (χ2n) is 7.29. The summed E-state index contributed by atoms with van der Waals surface area (Å²) in [4.78, 5) is 27.1. The largest absolute Gasteiger partial charge is 0.381 e. The van der Waals surface area contributed by atoms with Gasteiger partial charge in [-0.3, -0.25) is 9.59 Å². The summed E-state index contributed by atoms with van der Waals surface area (Å²) < 4.78 is 5.34. The van der Waals surface area contributed by atoms with Crippen molar-refractivity contribution in [2.75, 3.05) is 31.6 Å². The Labute approximate surface area is 149 Å². The highest BCUT2D eigenvalue weighted by atomic mass is 16.5. The molecule has 5 nitrogen and oxygen atoms in total. The van der Waals surface area contributed by atoms with Crippen LogP contribution < -0.4 is 5.32 Å². The standard InChI is InChI=1S/C20H28N2O3/c1-14-3-4-15(2)18(13-14)21-19(23)16-5-9-22(10-6-16)20(24)17-7-11-25-12-8-17/h3-4,13,16-17H,5-12H2,1-2H3,(H,21,23). The zero-order chi connectivity index (χ0) is 17.8. The van der Waals surface area contributed by atoms with Crippen LogP contribution >= 0.6 is 0 Å². The van der Waals surface area contributed by atoms with Crippen molar-refractivity contribution in [3.8, 4) is 0 Å². The molecule has 2 aliphatic heterocycles. The van der Waals surface area contributed by atoms with Crippen LogP contribution in [0.1, 0.15) is 36.8 Å². The molecule has 0 aromatic heterocycles. The first-order valence-corrected chi connectivity index (χ1v) is 9.29. The Hall–Kier alpha value is -1.88. The minimum Gasteiger partial charge on any atom is -0.381 e. The number of aryl methyl sites for hydroxylation is 2. The van der Waals surface area contributed by atoms with Crippen LogP contribution in [0.5, 0.6) is 0 Å². The lowest BCUT2D eigenvalue weighted by molar-refractivity contribution is -0.141. The number of rotatable bonds is 3. The van der Waals surface area contributed by atoms with Gasteiger partial charge in [0.2, 0.25) is 11.8 Å². The van der Waals surface area contributed by atoms with Crippen molar-refractivity contribution < 1.29 is 14.3 Å². The molecule has 0 spiro atoms. The van der Waals surface area contributed by atoms with Crippen LogP contribution in [-0.2, 0) is 14.3 Å². The average molecular weight is 344 g/mol. The maximum Gasteiger partial charge on any atom is 0.227 e. The van der Waals surface area contributed by atoms with Crippen LogP contribution in [-0.4, -0.2) is 43.0 Å². The van der Waals surface area contributed by atoms with Crippen molar-refractivity contribution in [2.24, 2.45) is 11.8 Å². The Bertz CT molecular complexity index is 630. The highest BCUT2D eigenvalue weighted by molar-refractivity contribution is 5.93. The number of nitrogens with one attached hydrogen (secondary N) is 1. The van der Waals surface area contributed by atoms with Crippen LogP contribution in [0.4, 0.5) is 5.69 Å². The summed E-state index contributed by atoms with van der Waals surface area (Å²) in [7, 11) is 0. The number of piperidine rings is 1. The van der Waals surface area contributed by atoms with Crippen molar-refractivity contribution in [1.82, 2.24) is 4.90 Å². The molecule has 2 saturated heterocycles. The maximum absolute atomic E-state index is 12.6. The highest BCUT2D eigenvalue weighted by Crippen LogP contribution is 2.25. The Morgan fingerprint density at radius 2 is 1.72 bits per heavy atom. The van der Waals surface area contributed by atoms with Gasteiger partial charge in [0.25, 0.3) is 0 Å². The molecule has 2 heterocycles. The van der Waals surface area contributed by atoms with Gasteiger partial charge in [-0.2, -0.15) is 0 Å². The number of hydrogen-bond acceptors (Lipinski definition) is 3. The quantitative estimate of drug-likeness (QED) is 0.917. The Morgan fingerprint density at radius 1 is 1.04 bits per heavy atom. The minimum absolute atomic E-state index is 0.0151. The van der Waals surface area contributed by atoms with Crippen LogP contribution in [0.25, 0.3) is 0 Å². The molecular formula is C20H28N2O3. The van der Waals surface area contributed by atoms with Gasteiger partial charge in [0.15, 0.2) is 0 Å². The lowest BCUT2D eigenvalue weighted by atomic mass is 9.93. The third-order valence-electron chi connectivity index (χ3n) is 5.40. The predicted octanol–water partition coefficient (Wildman–Crippen LogP) is 2.91. The van der Waals surface area contributed by atoms with E-state index >= 15 is 0 Å². The summed E-state index contributed by atoms with van der Waals surface area (Å²) in [5.41, 5.74) is 3.11. The average Bonchev–Trinajstić information content (AvgIpc) is 2.65. The fraction of sp³-hybridized carbons (Fsp3) is 0.600. The fourth-order valence-corrected chi connectivity index (χ4v) is 3.67. The van der Waals surface area contributed by atoms with E-state index in [9.17, 15) is 9.59 Å². The number of carbonyl (C=O) groups excluding carboxylic acids is 2. The van der Waals surface area contributed by atoms with E-state index < -0.39 is 0 Å². The zero-order valence-corrected chi connectivity index (χ0v) is 15.2. The number of likely N-dealkylation sites (tertiary alicyclic amines) is 1. The predicted molar refractivity (Wildman–Crippen MR) is 97.4 cm³/mol. The number of nitrogens with zero attached hydrogens (tertiary/aromatic N) is 1. The summed E-state index contributed by atoms with van der Waals surface area (Å²) in [5, 5.41) is 3.07. The van der Waals surface area contributed by atoms with Gasteiger partial charge >= 0.3 is 0 Å². The number of carbonyl (C=O) groups is 2. The van der Waals surface area contributed by atoms with E-state index in [0.717, 1.165) is 42.5 Å². The Kier molecular flexibility index (Phi) is 5.74. The summed E-state index contributed by atoms with van der Waals surface area (Å²) in [5.74, 6) is 0.413. The van der Waals surface area contributed by atoms with Crippen molar-refractivity contribution >= 4 is 17.5 Å². The first kappa shape index (κ1) is 17.9. The molecule has 0 saturated carbocycles. The fourth-order valence-electron chi connectivity index (χ4n) is 3.67. The molecule has 0 atom stereocenters. The summed E-state index contributed by atoms with van der Waals surface area (Å²) in [6.07, 6.45) is 3.13. The maximum atomic E-state index is 12.6. The molecule has 2 amide bonds. The Morgan fingerprint density at radius 3 is 2.40 bits per heavy atom. The van der Waals surface area contributed by atoms with E-state index in [4.69, 9.17) is 4.74 Å². The lowest BCUT2D eigenvalue weighted by Gasteiger charge is -2.34. The van der Waals surface area contributed by atoms with E-state index in [2.05, 4.69) is 5.32 Å². The lowest BCUT2D eigenvalue weighted by Crippen LogP contribution is -2.45. The van der Waals surface area contributed by atoms with E-state index in [0.29, 0.717) is 26.3 Å². The number of anilines is 1. The number of benzene rings is 1. The molecule has 136 valence electrons. The first-order chi connectivity index (χ1) is 12.0. The van der Waals surface area contributed by atoms with Crippen LogP contribution in [0.3, 0.4) is 0 Å². The molecule has 1 aromatic rings. The van der Waals surface area contributed by atoms with Gasteiger partial charge < -0.3 is 15.0 Å². The molecule has 0 unspecified atom stereocenters. The van der Waals surface area contributed by atoms with Crippen molar-refractivity contribution in [3.05, 3.63) is 29.3 Å². The summed E-state index contributed by atoms with van der Waals surface area (Å²) in [6, 6.07) is 6.09. The van der Waals surface area contributed by atoms with E-state index in [1.54, 1.807) is 0 Å². The van der Waals surface area contributed by atoms with Gasteiger partial charge in [0.05, 0.1) is 0 Å². The second-order valence-corrected chi connectivity index (χ2v) is 7.29. The second kappa shape index (κ2) is 8.00. The summed E-state index contributed by atoms with van der Waals surface area (Å²) >= 11 is 0. The van der Waals surface area contributed by atoms with Gasteiger partial charge in [-0.1, -0.05) is 12.1 Å². The SMILES string of the molecule is Cc1ccc(C)c(NC(=O)C2CCN(C(=O)C3CCOCC3)CC2)c1. The van der Waals surface area contributed by atoms with Gasteiger partial charge in [0, 0.05) is 43.8 Å². The molecular weight excluding hydrogens is 316 g/mol. The van der Waals surface area contributed by atoms with Crippen LogP contribution in [0.15, 0.2) is 18.2 Å². The topological polar surface area (TPSA) is 58.6 Å². The monoisotopic (exact) mass is 344 g/mol. The first-order valence-electron chi connectivity index (χ1n) is 9.29. The van der Waals surface area contributed by atoms with Gasteiger partial charge in [0.1, 0.15) is 0 Å². The molecule has 1 N–H and O–H groups in total. The van der Waals surface area contributed by atoms with Crippen molar-refractivity contribution in [1.29, 1.82) is 0 Å². The van der Waals surface area contributed by atoms with Gasteiger partial charge in [-0.15, -0.1) is 0 Å². The minimum atomic E-state index is -0.0151. The smallest absolute Gasteiger partial charge is 0.227 e. The molecule has 0 radical (unpaired) electrons. The van der Waals surface area contributed by atoms with Crippen LogP contribution in [0, 0.1) is 25.7 Å². The molecule has 1 aromatic carbocycles. The molecule has 2 fully saturated rings. The third kappa shape index (κ3) is 4.40. The summed E-state index contributed by atoms with van der Waals surface area (Å²) in [6.45, 7) is 6.76. The number of amides is 2. The molecule has 0 bridgehead atoms. The van der Waals surface area contributed by atoms with E-state index in [-0.39, 0.29) is 23.7 Å². The van der Waals surface area contributed by atoms with Crippen molar-refractivity contribution in [3.63, 3.8) is 0 Å². The molecule has 5 heteroatoms. The molecule has 2 aliphatic rings. The van der Waals surface area contributed by atoms with Gasteiger partial charge in [-0.05, 0) is 56.7 Å². The molecule has 25 heavy (non-hydrogen) atoms. The van der Waals surface area contributed by atoms with Gasteiger partial charge in [-0.25, -0.2) is 0 Å². The van der Waals surface area contributed by atoms with E-state index in [1.165, 1.54) is 0 Å². The van der Waals surface area contributed by atoms with E-state index in [1.807, 2.05) is 36.9 Å².